The number of para-hydroxylation sites is 1. The van der Waals surface area contributed by atoms with Gasteiger partial charge in [0, 0.05) is 6.54 Å². The Morgan fingerprint density at radius 2 is 2.05 bits per heavy atom. The van der Waals surface area contributed by atoms with Gasteiger partial charge in [0.1, 0.15) is 24.2 Å². The number of sulfonamides is 1. The predicted octanol–water partition coefficient (Wildman–Crippen LogP) is -0.375. The van der Waals surface area contributed by atoms with Gasteiger partial charge in [0.25, 0.3) is 0 Å². The van der Waals surface area contributed by atoms with Gasteiger partial charge in [-0.15, -0.1) is 0 Å². The molecule has 0 bridgehead atoms. The van der Waals surface area contributed by atoms with E-state index < -0.39 is 16.1 Å². The highest BCUT2D eigenvalue weighted by atomic mass is 32.2. The van der Waals surface area contributed by atoms with Crippen molar-refractivity contribution in [3.05, 3.63) is 18.2 Å². The molecule has 8 heteroatoms. The molecule has 1 atom stereocenters. The lowest BCUT2D eigenvalue weighted by atomic mass is 10.3. The average molecular weight is 298 g/mol. The topological polar surface area (TPSA) is 93.7 Å². The Balaban J connectivity index is 1.93. The fourth-order valence-electron chi connectivity index (χ4n) is 2.22. The minimum absolute atomic E-state index is 0.00519. The van der Waals surface area contributed by atoms with Crippen LogP contribution in [-0.4, -0.2) is 40.1 Å². The Bertz CT molecular complexity index is 643. The molecule has 0 spiro atoms. The van der Waals surface area contributed by atoms with E-state index in [0.29, 0.717) is 31.9 Å². The normalized spacial score (nSPS) is 21.6. The third-order valence-electron chi connectivity index (χ3n) is 3.17. The summed E-state index contributed by atoms with van der Waals surface area (Å²) >= 11 is 0. The van der Waals surface area contributed by atoms with Crippen LogP contribution in [0.1, 0.15) is 6.42 Å². The van der Waals surface area contributed by atoms with E-state index in [-0.39, 0.29) is 16.6 Å². The Kier molecular flexibility index (Phi) is 3.27. The van der Waals surface area contributed by atoms with Crippen LogP contribution < -0.4 is 19.5 Å². The van der Waals surface area contributed by atoms with Crippen LogP contribution in [0.15, 0.2) is 23.1 Å². The second-order valence-electron chi connectivity index (χ2n) is 4.53. The first-order valence-electron chi connectivity index (χ1n) is 6.26. The first-order valence-corrected chi connectivity index (χ1v) is 7.75. The first kappa shape index (κ1) is 13.2. The van der Waals surface area contributed by atoms with E-state index in [1.165, 1.54) is 6.07 Å². The number of benzene rings is 1. The van der Waals surface area contributed by atoms with Crippen molar-refractivity contribution in [3.63, 3.8) is 0 Å². The zero-order valence-electron chi connectivity index (χ0n) is 10.6. The van der Waals surface area contributed by atoms with Crippen molar-refractivity contribution in [2.24, 2.45) is 0 Å². The van der Waals surface area contributed by atoms with E-state index in [9.17, 15) is 13.2 Å². The summed E-state index contributed by atoms with van der Waals surface area (Å²) in [4.78, 5) is 11.5. The van der Waals surface area contributed by atoms with Crippen molar-refractivity contribution in [3.8, 4) is 11.5 Å². The van der Waals surface area contributed by atoms with Crippen molar-refractivity contribution in [2.75, 3.05) is 19.8 Å². The lowest BCUT2D eigenvalue weighted by Crippen LogP contribution is -2.40. The van der Waals surface area contributed by atoms with E-state index in [1.807, 2.05) is 0 Å². The van der Waals surface area contributed by atoms with Crippen molar-refractivity contribution in [2.45, 2.75) is 17.4 Å². The Morgan fingerprint density at radius 1 is 1.25 bits per heavy atom. The number of amides is 1. The van der Waals surface area contributed by atoms with Crippen LogP contribution in [-0.2, 0) is 14.8 Å². The molecule has 0 aliphatic carbocycles. The standard InChI is InChI=1S/C12H14N2O5S/c15-12-8(4-5-13-12)14-20(16,17)10-3-1-2-9-11(10)19-7-6-18-9/h1-3,8,14H,4-7H2,(H,13,15)/t8-/m1/s1. The highest BCUT2D eigenvalue weighted by molar-refractivity contribution is 7.89. The molecule has 1 aromatic rings. The van der Waals surface area contributed by atoms with E-state index in [0.717, 1.165) is 0 Å². The van der Waals surface area contributed by atoms with Crippen LogP contribution in [0.3, 0.4) is 0 Å². The number of ether oxygens (including phenoxy) is 2. The molecule has 1 amide bonds. The maximum absolute atomic E-state index is 12.4. The second kappa shape index (κ2) is 4.95. The van der Waals surface area contributed by atoms with Crippen molar-refractivity contribution in [1.29, 1.82) is 0 Å². The second-order valence-corrected chi connectivity index (χ2v) is 6.22. The first-order chi connectivity index (χ1) is 9.58. The smallest absolute Gasteiger partial charge is 0.245 e. The van der Waals surface area contributed by atoms with Crippen LogP contribution in [0, 0.1) is 0 Å². The van der Waals surface area contributed by atoms with Crippen molar-refractivity contribution < 1.29 is 22.7 Å². The maximum atomic E-state index is 12.4. The molecule has 7 nitrogen and oxygen atoms in total. The molecule has 2 N–H and O–H groups in total. The van der Waals surface area contributed by atoms with E-state index >= 15 is 0 Å². The van der Waals surface area contributed by atoms with E-state index in [2.05, 4.69) is 10.0 Å². The summed E-state index contributed by atoms with van der Waals surface area (Å²) in [6.07, 6.45) is 0.435. The monoisotopic (exact) mass is 298 g/mol. The lowest BCUT2D eigenvalue weighted by molar-refractivity contribution is -0.120. The summed E-state index contributed by atoms with van der Waals surface area (Å²) < 4.78 is 37.9. The summed E-state index contributed by atoms with van der Waals surface area (Å²) in [6.45, 7) is 1.15. The molecular weight excluding hydrogens is 284 g/mol. The molecule has 20 heavy (non-hydrogen) atoms. The minimum atomic E-state index is -3.83. The molecule has 2 aliphatic rings. The Morgan fingerprint density at radius 3 is 2.80 bits per heavy atom. The molecule has 1 saturated heterocycles. The third-order valence-corrected chi connectivity index (χ3v) is 4.66. The number of fused-ring (bicyclic) bond motifs is 1. The highest BCUT2D eigenvalue weighted by Gasteiger charge is 2.32. The van der Waals surface area contributed by atoms with Crippen LogP contribution >= 0.6 is 0 Å². The molecule has 0 aromatic heterocycles. The van der Waals surface area contributed by atoms with Gasteiger partial charge in [0.2, 0.25) is 15.9 Å². The number of carbonyl (C=O) groups is 1. The van der Waals surface area contributed by atoms with Crippen molar-refractivity contribution >= 4 is 15.9 Å². The quantitative estimate of drug-likeness (QED) is 0.794. The molecule has 1 aromatic carbocycles. The molecule has 1 fully saturated rings. The van der Waals surface area contributed by atoms with Gasteiger partial charge >= 0.3 is 0 Å². The number of carbonyl (C=O) groups excluding carboxylic acids is 1. The molecule has 2 aliphatic heterocycles. The van der Waals surface area contributed by atoms with Gasteiger partial charge in [-0.3, -0.25) is 4.79 Å². The maximum Gasteiger partial charge on any atom is 0.245 e. The Hall–Kier alpha value is -1.80. The zero-order valence-corrected chi connectivity index (χ0v) is 11.4. The zero-order chi connectivity index (χ0) is 14.2. The van der Waals surface area contributed by atoms with Crippen molar-refractivity contribution in [1.82, 2.24) is 10.0 Å². The predicted molar refractivity (Wildman–Crippen MR) is 69.2 cm³/mol. The number of hydrogen-bond acceptors (Lipinski definition) is 5. The minimum Gasteiger partial charge on any atom is -0.486 e. The van der Waals surface area contributed by atoms with Crippen LogP contribution in [0.2, 0.25) is 0 Å². The number of nitrogens with one attached hydrogen (secondary N) is 2. The van der Waals surface area contributed by atoms with Crippen LogP contribution in [0.5, 0.6) is 11.5 Å². The highest BCUT2D eigenvalue weighted by Crippen LogP contribution is 2.36. The van der Waals surface area contributed by atoms with Gasteiger partial charge in [0.05, 0.1) is 0 Å². The van der Waals surface area contributed by atoms with Gasteiger partial charge in [-0.1, -0.05) is 6.07 Å². The number of hydrogen-bond donors (Lipinski definition) is 2. The van der Waals surface area contributed by atoms with Gasteiger partial charge in [-0.2, -0.15) is 4.72 Å². The molecular formula is C12H14N2O5S. The van der Waals surface area contributed by atoms with Crippen LogP contribution in [0.25, 0.3) is 0 Å². The van der Waals surface area contributed by atoms with Gasteiger partial charge in [0.15, 0.2) is 11.5 Å². The fourth-order valence-corrected chi connectivity index (χ4v) is 3.60. The SMILES string of the molecule is O=C1NCC[C@H]1NS(=O)(=O)c1cccc2c1OCCO2. The molecule has 2 heterocycles. The summed E-state index contributed by atoms with van der Waals surface area (Å²) in [6, 6.07) is 3.93. The summed E-state index contributed by atoms with van der Waals surface area (Å²) in [7, 11) is -3.83. The summed E-state index contributed by atoms with van der Waals surface area (Å²) in [5.41, 5.74) is 0. The average Bonchev–Trinajstić information content (AvgIpc) is 2.83. The van der Waals surface area contributed by atoms with Gasteiger partial charge < -0.3 is 14.8 Å². The van der Waals surface area contributed by atoms with Gasteiger partial charge in [-0.25, -0.2) is 8.42 Å². The van der Waals surface area contributed by atoms with Gasteiger partial charge in [-0.05, 0) is 18.6 Å². The molecule has 0 saturated carbocycles. The summed E-state index contributed by atoms with van der Waals surface area (Å²) in [5.74, 6) is 0.287. The molecule has 0 radical (unpaired) electrons. The molecule has 3 rings (SSSR count). The fraction of sp³-hybridized carbons (Fsp3) is 0.417. The molecule has 108 valence electrons. The number of rotatable bonds is 3. The van der Waals surface area contributed by atoms with E-state index in [1.54, 1.807) is 12.1 Å². The largest absolute Gasteiger partial charge is 0.486 e. The summed E-state index contributed by atoms with van der Waals surface area (Å²) in [5, 5.41) is 2.58. The molecule has 0 unspecified atom stereocenters. The van der Waals surface area contributed by atoms with E-state index in [4.69, 9.17) is 9.47 Å². The lowest BCUT2D eigenvalue weighted by Gasteiger charge is -2.21. The Labute approximate surface area is 116 Å². The third kappa shape index (κ3) is 2.32. The van der Waals surface area contributed by atoms with Crippen LogP contribution in [0.4, 0.5) is 0 Å².